The zero-order valence-corrected chi connectivity index (χ0v) is 13.7. The van der Waals surface area contributed by atoms with E-state index in [1.807, 2.05) is 32.0 Å². The maximum atomic E-state index is 12.8. The molecule has 24 heavy (non-hydrogen) atoms. The molecule has 2 atom stereocenters. The van der Waals surface area contributed by atoms with Crippen molar-refractivity contribution in [1.82, 2.24) is 15.5 Å². The van der Waals surface area contributed by atoms with Crippen molar-refractivity contribution in [1.29, 1.82) is 0 Å². The Balaban J connectivity index is 1.60. The highest BCUT2D eigenvalue weighted by molar-refractivity contribution is 6.06. The molecular formula is C19H19N3O2. The van der Waals surface area contributed by atoms with Gasteiger partial charge in [-0.25, -0.2) is 4.98 Å². The lowest BCUT2D eigenvalue weighted by atomic mass is 9.75. The van der Waals surface area contributed by atoms with Crippen LogP contribution in [0, 0.1) is 13.8 Å². The number of nitrogens with zero attached hydrogens (tertiary/aromatic N) is 2. The highest BCUT2D eigenvalue weighted by Crippen LogP contribution is 2.37. The number of carbonyl (C=O) groups excluding carboxylic acids is 1. The van der Waals surface area contributed by atoms with E-state index in [1.54, 1.807) is 6.07 Å². The van der Waals surface area contributed by atoms with Crippen LogP contribution in [0.5, 0.6) is 0 Å². The normalized spacial score (nSPS) is 19.9. The van der Waals surface area contributed by atoms with Gasteiger partial charge in [0, 0.05) is 17.7 Å². The molecule has 0 bridgehead atoms. The summed E-state index contributed by atoms with van der Waals surface area (Å²) in [6, 6.07) is 12.3. The summed E-state index contributed by atoms with van der Waals surface area (Å²) in [5.74, 6) is 0.305. The summed E-state index contributed by atoms with van der Waals surface area (Å²) in [6.45, 7) is 3.68. The predicted molar refractivity (Wildman–Crippen MR) is 90.9 cm³/mol. The fourth-order valence-electron chi connectivity index (χ4n) is 3.41. The van der Waals surface area contributed by atoms with Crippen LogP contribution in [0.4, 0.5) is 0 Å². The van der Waals surface area contributed by atoms with Gasteiger partial charge in [0.15, 0.2) is 0 Å². The number of aryl methyl sites for hydroxylation is 2. The molecule has 0 spiro atoms. The minimum atomic E-state index is -0.0811. The van der Waals surface area contributed by atoms with Crippen molar-refractivity contribution in [3.63, 3.8) is 0 Å². The Hall–Kier alpha value is -2.69. The molecule has 0 saturated heterocycles. The van der Waals surface area contributed by atoms with Crippen LogP contribution >= 0.6 is 0 Å². The van der Waals surface area contributed by atoms with Crippen molar-refractivity contribution in [2.45, 2.75) is 38.6 Å². The summed E-state index contributed by atoms with van der Waals surface area (Å²) in [4.78, 5) is 17.1. The fraction of sp³-hybridized carbons (Fsp3) is 0.316. The van der Waals surface area contributed by atoms with Gasteiger partial charge >= 0.3 is 0 Å². The lowest BCUT2D eigenvalue weighted by Gasteiger charge is -2.37. The van der Waals surface area contributed by atoms with Gasteiger partial charge in [-0.05, 0) is 38.3 Å². The average Bonchev–Trinajstić information content (AvgIpc) is 2.92. The lowest BCUT2D eigenvalue weighted by molar-refractivity contribution is 0.0906. The van der Waals surface area contributed by atoms with Crippen LogP contribution in [0.2, 0.25) is 0 Å². The highest BCUT2D eigenvalue weighted by atomic mass is 16.5. The molecule has 0 radical (unpaired) electrons. The number of hydrogen-bond acceptors (Lipinski definition) is 4. The Morgan fingerprint density at radius 3 is 2.71 bits per heavy atom. The van der Waals surface area contributed by atoms with E-state index in [0.717, 1.165) is 18.5 Å². The quantitative estimate of drug-likeness (QED) is 0.801. The van der Waals surface area contributed by atoms with Crippen LogP contribution in [0.1, 0.15) is 46.1 Å². The van der Waals surface area contributed by atoms with E-state index in [0.29, 0.717) is 28.3 Å². The summed E-state index contributed by atoms with van der Waals surface area (Å²) < 4.78 is 5.21. The third kappa shape index (κ3) is 2.46. The number of amides is 1. The summed E-state index contributed by atoms with van der Waals surface area (Å²) in [7, 11) is 0. The minimum Gasteiger partial charge on any atom is -0.349 e. The molecule has 3 aromatic rings. The van der Waals surface area contributed by atoms with Crippen LogP contribution in [-0.4, -0.2) is 22.1 Å². The van der Waals surface area contributed by atoms with Gasteiger partial charge in [-0.2, -0.15) is 0 Å². The van der Waals surface area contributed by atoms with E-state index >= 15 is 0 Å². The Morgan fingerprint density at radius 1 is 1.21 bits per heavy atom. The first-order valence-electron chi connectivity index (χ1n) is 8.23. The summed E-state index contributed by atoms with van der Waals surface area (Å²) in [5.41, 5.74) is 3.74. The maximum absolute atomic E-state index is 12.8. The molecular weight excluding hydrogens is 302 g/mol. The first-order valence-corrected chi connectivity index (χ1v) is 8.23. The Morgan fingerprint density at radius 2 is 2.00 bits per heavy atom. The molecule has 0 unspecified atom stereocenters. The monoisotopic (exact) mass is 321 g/mol. The summed E-state index contributed by atoms with van der Waals surface area (Å²) in [5, 5.41) is 7.82. The smallest absolute Gasteiger partial charge is 0.258 e. The number of carbonyl (C=O) groups is 1. The molecule has 1 amide bonds. The van der Waals surface area contributed by atoms with E-state index in [4.69, 9.17) is 4.52 Å². The van der Waals surface area contributed by atoms with Crippen molar-refractivity contribution in [3.8, 4) is 0 Å². The molecule has 1 aromatic carbocycles. The number of aromatic nitrogens is 2. The van der Waals surface area contributed by atoms with Crippen molar-refractivity contribution >= 4 is 17.0 Å². The Kier molecular flexibility index (Phi) is 3.56. The standard InChI is InChI=1S/C19H19N3O2/c1-11-10-15(17-12(2)22-24-19(17)20-11)18(23)21-16-9-8-14(16)13-6-4-3-5-7-13/h3-7,10,14,16H,8-9H2,1-2H3,(H,21,23)/t14-,16-/m1/s1. The molecule has 1 aliphatic rings. The summed E-state index contributed by atoms with van der Waals surface area (Å²) in [6.07, 6.45) is 2.10. The van der Waals surface area contributed by atoms with Gasteiger partial charge in [-0.3, -0.25) is 4.79 Å². The highest BCUT2D eigenvalue weighted by Gasteiger charge is 2.33. The molecule has 1 aliphatic carbocycles. The zero-order chi connectivity index (χ0) is 16.7. The predicted octanol–water partition coefficient (Wildman–Crippen LogP) is 3.52. The molecule has 1 N–H and O–H groups in total. The van der Waals surface area contributed by atoms with Crippen LogP contribution in [-0.2, 0) is 0 Å². The molecule has 5 heteroatoms. The maximum Gasteiger partial charge on any atom is 0.258 e. The minimum absolute atomic E-state index is 0.0811. The second kappa shape index (κ2) is 5.74. The van der Waals surface area contributed by atoms with Crippen molar-refractivity contribution in [3.05, 3.63) is 58.9 Å². The van der Waals surface area contributed by atoms with Gasteiger partial charge in [0.25, 0.3) is 11.6 Å². The van der Waals surface area contributed by atoms with Gasteiger partial charge in [0.05, 0.1) is 16.6 Å². The Labute approximate surface area is 140 Å². The van der Waals surface area contributed by atoms with Crippen molar-refractivity contribution in [2.24, 2.45) is 0 Å². The van der Waals surface area contributed by atoms with E-state index < -0.39 is 0 Å². The van der Waals surface area contributed by atoms with E-state index in [9.17, 15) is 4.79 Å². The van der Waals surface area contributed by atoms with Gasteiger partial charge in [-0.1, -0.05) is 35.5 Å². The number of rotatable bonds is 3. The molecule has 5 nitrogen and oxygen atoms in total. The van der Waals surface area contributed by atoms with Gasteiger partial charge in [-0.15, -0.1) is 0 Å². The van der Waals surface area contributed by atoms with Crippen molar-refractivity contribution < 1.29 is 9.32 Å². The molecule has 0 aliphatic heterocycles. The number of nitrogens with one attached hydrogen (secondary N) is 1. The summed E-state index contributed by atoms with van der Waals surface area (Å²) >= 11 is 0. The number of fused-ring (bicyclic) bond motifs is 1. The molecule has 122 valence electrons. The van der Waals surface area contributed by atoms with Crippen LogP contribution < -0.4 is 5.32 Å². The molecule has 4 rings (SSSR count). The number of pyridine rings is 1. The Bertz CT molecular complexity index is 902. The van der Waals surface area contributed by atoms with E-state index in [-0.39, 0.29) is 11.9 Å². The second-order valence-electron chi connectivity index (χ2n) is 6.43. The first-order chi connectivity index (χ1) is 11.6. The molecule has 1 saturated carbocycles. The average molecular weight is 321 g/mol. The first kappa shape index (κ1) is 14.9. The largest absolute Gasteiger partial charge is 0.349 e. The lowest BCUT2D eigenvalue weighted by Crippen LogP contribution is -2.45. The van der Waals surface area contributed by atoms with E-state index in [2.05, 4.69) is 27.6 Å². The zero-order valence-electron chi connectivity index (χ0n) is 13.7. The number of benzene rings is 1. The van der Waals surface area contributed by atoms with Crippen LogP contribution in [0.25, 0.3) is 11.1 Å². The van der Waals surface area contributed by atoms with Gasteiger partial charge in [0.2, 0.25) is 0 Å². The third-order valence-electron chi connectivity index (χ3n) is 4.81. The van der Waals surface area contributed by atoms with Crippen LogP contribution in [0.3, 0.4) is 0 Å². The topological polar surface area (TPSA) is 68.0 Å². The number of hydrogen-bond donors (Lipinski definition) is 1. The van der Waals surface area contributed by atoms with Crippen LogP contribution in [0.15, 0.2) is 40.9 Å². The SMILES string of the molecule is Cc1cc(C(=O)N[C@@H]2CC[C@@H]2c2ccccc2)c2c(C)noc2n1. The van der Waals surface area contributed by atoms with Crippen molar-refractivity contribution in [2.75, 3.05) is 0 Å². The molecule has 1 fully saturated rings. The molecule has 2 aromatic heterocycles. The second-order valence-corrected chi connectivity index (χ2v) is 6.43. The van der Waals surface area contributed by atoms with E-state index in [1.165, 1.54) is 5.56 Å². The molecule has 2 heterocycles. The van der Waals surface area contributed by atoms with Gasteiger partial charge in [0.1, 0.15) is 0 Å². The third-order valence-corrected chi connectivity index (χ3v) is 4.81. The van der Waals surface area contributed by atoms with Gasteiger partial charge < -0.3 is 9.84 Å². The fourth-order valence-corrected chi connectivity index (χ4v) is 3.41.